The molecule has 8 heteroatoms. The summed E-state index contributed by atoms with van der Waals surface area (Å²) < 4.78 is 13.2. The standard InChI is InChI=1S/C23H28N2O4S2/c1-3-19-15(2)31-21-20(19)22(27)25(12-18-10-7-11-28-18)23(24-21)30-14-16(26)13-29-17-8-5-4-6-9-17/h4-6,8-9,16,18,26H,3,7,10-14H2,1-2H3/t16-,18+/m0/s1. The summed E-state index contributed by atoms with van der Waals surface area (Å²) in [6.07, 6.45) is 2.14. The minimum atomic E-state index is -0.676. The molecule has 1 aliphatic rings. The zero-order valence-corrected chi connectivity index (χ0v) is 19.5. The number of benzene rings is 1. The molecule has 1 saturated heterocycles. The van der Waals surface area contributed by atoms with Gasteiger partial charge in [-0.15, -0.1) is 11.3 Å². The second kappa shape index (κ2) is 10.2. The molecule has 0 bridgehead atoms. The van der Waals surface area contributed by atoms with Crippen molar-refractivity contribution in [3.63, 3.8) is 0 Å². The summed E-state index contributed by atoms with van der Waals surface area (Å²) in [6, 6.07) is 9.43. The van der Waals surface area contributed by atoms with E-state index in [4.69, 9.17) is 14.5 Å². The molecule has 3 heterocycles. The molecule has 1 aliphatic heterocycles. The van der Waals surface area contributed by atoms with Gasteiger partial charge < -0.3 is 14.6 Å². The first kappa shape index (κ1) is 22.3. The lowest BCUT2D eigenvalue weighted by Gasteiger charge is -2.17. The number of aliphatic hydroxyl groups is 1. The van der Waals surface area contributed by atoms with E-state index in [9.17, 15) is 9.90 Å². The van der Waals surface area contributed by atoms with Crippen molar-refractivity contribution in [2.24, 2.45) is 0 Å². The first-order valence-electron chi connectivity index (χ1n) is 10.7. The van der Waals surface area contributed by atoms with Gasteiger partial charge in [-0.2, -0.15) is 0 Å². The fraction of sp³-hybridized carbons (Fsp3) is 0.478. The van der Waals surface area contributed by atoms with Crippen LogP contribution in [-0.4, -0.2) is 45.8 Å². The van der Waals surface area contributed by atoms with Gasteiger partial charge in [-0.1, -0.05) is 36.9 Å². The normalized spacial score (nSPS) is 17.3. The van der Waals surface area contributed by atoms with Crippen molar-refractivity contribution >= 4 is 33.3 Å². The minimum Gasteiger partial charge on any atom is -0.491 e. The number of aliphatic hydroxyl groups excluding tert-OH is 1. The van der Waals surface area contributed by atoms with Gasteiger partial charge in [-0.05, 0) is 43.9 Å². The summed E-state index contributed by atoms with van der Waals surface area (Å²) >= 11 is 2.97. The lowest BCUT2D eigenvalue weighted by atomic mass is 10.1. The van der Waals surface area contributed by atoms with Gasteiger partial charge in [0.2, 0.25) is 0 Å². The van der Waals surface area contributed by atoms with Crippen LogP contribution in [0.15, 0.2) is 40.3 Å². The number of ether oxygens (including phenoxy) is 2. The summed E-state index contributed by atoms with van der Waals surface area (Å²) in [5.74, 6) is 1.11. The summed E-state index contributed by atoms with van der Waals surface area (Å²) in [5.41, 5.74) is 1.09. The predicted molar refractivity (Wildman–Crippen MR) is 126 cm³/mol. The van der Waals surface area contributed by atoms with Gasteiger partial charge in [0, 0.05) is 17.2 Å². The van der Waals surface area contributed by atoms with E-state index in [0.717, 1.165) is 52.3 Å². The summed E-state index contributed by atoms with van der Waals surface area (Å²) in [4.78, 5) is 20.2. The van der Waals surface area contributed by atoms with Gasteiger partial charge in [-0.25, -0.2) is 4.98 Å². The summed E-state index contributed by atoms with van der Waals surface area (Å²) in [6.45, 7) is 5.55. The molecule has 6 nitrogen and oxygen atoms in total. The number of para-hydroxylation sites is 1. The average Bonchev–Trinajstić information content (AvgIpc) is 3.40. The van der Waals surface area contributed by atoms with E-state index in [2.05, 4.69) is 6.92 Å². The number of nitrogens with zero attached hydrogens (tertiary/aromatic N) is 2. The quantitative estimate of drug-likeness (QED) is 0.384. The van der Waals surface area contributed by atoms with Crippen molar-refractivity contribution < 1.29 is 14.6 Å². The topological polar surface area (TPSA) is 73.6 Å². The number of hydrogen-bond acceptors (Lipinski definition) is 7. The van der Waals surface area contributed by atoms with Crippen LogP contribution in [0.25, 0.3) is 10.2 Å². The molecule has 1 aromatic carbocycles. The fourth-order valence-corrected chi connectivity index (χ4v) is 5.92. The Balaban J connectivity index is 1.55. The number of thioether (sulfide) groups is 1. The van der Waals surface area contributed by atoms with Crippen LogP contribution in [0.5, 0.6) is 5.75 Å². The molecule has 0 spiro atoms. The number of fused-ring (bicyclic) bond motifs is 1. The molecule has 2 atom stereocenters. The molecule has 166 valence electrons. The molecule has 0 saturated carbocycles. The second-order valence-electron chi connectivity index (χ2n) is 7.70. The van der Waals surface area contributed by atoms with Gasteiger partial charge in [0.15, 0.2) is 5.16 Å². The number of rotatable bonds is 9. The lowest BCUT2D eigenvalue weighted by Crippen LogP contribution is -2.29. The van der Waals surface area contributed by atoms with Crippen molar-refractivity contribution in [1.82, 2.24) is 9.55 Å². The van der Waals surface area contributed by atoms with Gasteiger partial charge >= 0.3 is 0 Å². The van der Waals surface area contributed by atoms with Crippen molar-refractivity contribution in [3.05, 3.63) is 51.1 Å². The maximum absolute atomic E-state index is 13.5. The number of aryl methyl sites for hydroxylation is 2. The molecule has 0 unspecified atom stereocenters. The molecule has 2 aromatic heterocycles. The zero-order chi connectivity index (χ0) is 21.8. The Kier molecular flexibility index (Phi) is 7.32. The SMILES string of the molecule is CCc1c(C)sc2nc(SC[C@@H](O)COc3ccccc3)n(C[C@H]3CCCO3)c(=O)c12. The zero-order valence-electron chi connectivity index (χ0n) is 17.9. The van der Waals surface area contributed by atoms with E-state index in [1.807, 2.05) is 37.3 Å². The number of hydrogen-bond donors (Lipinski definition) is 1. The van der Waals surface area contributed by atoms with E-state index in [-0.39, 0.29) is 18.3 Å². The van der Waals surface area contributed by atoms with E-state index in [0.29, 0.717) is 17.5 Å². The molecule has 0 amide bonds. The molecule has 1 N–H and O–H groups in total. The molecule has 31 heavy (non-hydrogen) atoms. The Morgan fingerprint density at radius 1 is 1.39 bits per heavy atom. The van der Waals surface area contributed by atoms with E-state index >= 15 is 0 Å². The van der Waals surface area contributed by atoms with Crippen LogP contribution in [0.4, 0.5) is 0 Å². The van der Waals surface area contributed by atoms with Crippen molar-refractivity contribution in [2.75, 3.05) is 19.0 Å². The van der Waals surface area contributed by atoms with Crippen LogP contribution < -0.4 is 10.3 Å². The third-order valence-electron chi connectivity index (χ3n) is 5.43. The van der Waals surface area contributed by atoms with Gasteiger partial charge in [0.1, 0.15) is 17.2 Å². The van der Waals surface area contributed by atoms with Crippen LogP contribution in [0, 0.1) is 6.92 Å². The Hall–Kier alpha value is -1.87. The molecular weight excluding hydrogens is 432 g/mol. The summed E-state index contributed by atoms with van der Waals surface area (Å²) in [5, 5.41) is 11.8. The van der Waals surface area contributed by atoms with E-state index in [1.54, 1.807) is 15.9 Å². The highest BCUT2D eigenvalue weighted by Gasteiger charge is 2.23. The van der Waals surface area contributed by atoms with Crippen LogP contribution in [0.1, 0.15) is 30.2 Å². The highest BCUT2D eigenvalue weighted by Crippen LogP contribution is 2.30. The molecule has 3 aromatic rings. The van der Waals surface area contributed by atoms with Gasteiger partial charge in [-0.3, -0.25) is 9.36 Å². The van der Waals surface area contributed by atoms with Gasteiger partial charge in [0.25, 0.3) is 5.56 Å². The highest BCUT2D eigenvalue weighted by molar-refractivity contribution is 7.99. The van der Waals surface area contributed by atoms with Crippen molar-refractivity contribution in [1.29, 1.82) is 0 Å². The average molecular weight is 461 g/mol. The first-order chi connectivity index (χ1) is 15.1. The first-order valence-corrected chi connectivity index (χ1v) is 12.5. The third-order valence-corrected chi connectivity index (χ3v) is 7.59. The third kappa shape index (κ3) is 5.14. The highest BCUT2D eigenvalue weighted by atomic mass is 32.2. The maximum Gasteiger partial charge on any atom is 0.263 e. The van der Waals surface area contributed by atoms with Gasteiger partial charge in [0.05, 0.1) is 24.1 Å². The number of thiophene rings is 1. The monoisotopic (exact) mass is 460 g/mol. The fourth-order valence-electron chi connectivity index (χ4n) is 3.85. The number of aromatic nitrogens is 2. The Bertz CT molecular complexity index is 1070. The van der Waals surface area contributed by atoms with Crippen LogP contribution in [0.2, 0.25) is 0 Å². The van der Waals surface area contributed by atoms with Crippen LogP contribution in [-0.2, 0) is 17.7 Å². The molecule has 1 fully saturated rings. The Labute approximate surface area is 190 Å². The van der Waals surface area contributed by atoms with Crippen LogP contribution in [0.3, 0.4) is 0 Å². The second-order valence-corrected chi connectivity index (χ2v) is 9.89. The molecular formula is C23H28N2O4S2. The van der Waals surface area contributed by atoms with Crippen LogP contribution >= 0.6 is 23.1 Å². The van der Waals surface area contributed by atoms with E-state index in [1.165, 1.54) is 11.8 Å². The maximum atomic E-state index is 13.5. The Morgan fingerprint density at radius 2 is 2.19 bits per heavy atom. The smallest absolute Gasteiger partial charge is 0.263 e. The molecule has 0 radical (unpaired) electrons. The van der Waals surface area contributed by atoms with E-state index < -0.39 is 6.10 Å². The minimum absolute atomic E-state index is 0.000717. The molecule has 4 rings (SSSR count). The lowest BCUT2D eigenvalue weighted by molar-refractivity contribution is 0.0937. The van der Waals surface area contributed by atoms with Crippen molar-refractivity contribution in [2.45, 2.75) is 57.0 Å². The Morgan fingerprint density at radius 3 is 2.90 bits per heavy atom. The largest absolute Gasteiger partial charge is 0.491 e. The van der Waals surface area contributed by atoms with Crippen molar-refractivity contribution in [3.8, 4) is 5.75 Å². The summed E-state index contributed by atoms with van der Waals surface area (Å²) in [7, 11) is 0. The molecule has 0 aliphatic carbocycles. The predicted octanol–water partition coefficient (Wildman–Crippen LogP) is 4.04.